The zero-order valence-electron chi connectivity index (χ0n) is 10.3. The minimum Gasteiger partial charge on any atom is -0.486 e. The molecule has 0 aliphatic rings. The van der Waals surface area contributed by atoms with Crippen molar-refractivity contribution in [2.75, 3.05) is 5.73 Å². The first kappa shape index (κ1) is 13.8. The van der Waals surface area contributed by atoms with Crippen LogP contribution in [0.1, 0.15) is 15.9 Å². The fourth-order valence-electron chi connectivity index (χ4n) is 1.67. The highest BCUT2D eigenvalue weighted by atomic mass is 19.2. The van der Waals surface area contributed by atoms with E-state index in [1.807, 2.05) is 0 Å². The summed E-state index contributed by atoms with van der Waals surface area (Å²) in [5.41, 5.74) is 6.09. The zero-order chi connectivity index (χ0) is 14.7. The summed E-state index contributed by atoms with van der Waals surface area (Å²) in [7, 11) is 0. The highest BCUT2D eigenvalue weighted by molar-refractivity contribution is 5.93. The van der Waals surface area contributed by atoms with Crippen molar-refractivity contribution in [2.45, 2.75) is 6.61 Å². The van der Waals surface area contributed by atoms with Crippen LogP contribution in [-0.4, -0.2) is 11.1 Å². The zero-order valence-corrected chi connectivity index (χ0v) is 10.3. The van der Waals surface area contributed by atoms with Gasteiger partial charge in [-0.2, -0.15) is 0 Å². The van der Waals surface area contributed by atoms with Gasteiger partial charge in [0, 0.05) is 0 Å². The van der Waals surface area contributed by atoms with E-state index in [0.29, 0.717) is 5.56 Å². The maximum absolute atomic E-state index is 13.0. The quantitative estimate of drug-likeness (QED) is 0.844. The molecule has 0 aliphatic heterocycles. The maximum Gasteiger partial charge on any atom is 0.339 e. The first-order valence-corrected chi connectivity index (χ1v) is 5.67. The lowest BCUT2D eigenvalue weighted by molar-refractivity contribution is 0.0692. The Balaban J connectivity index is 2.22. The molecule has 6 heteroatoms. The fraction of sp³-hybridized carbons (Fsp3) is 0.0714. The van der Waals surface area contributed by atoms with Crippen LogP contribution in [0.4, 0.5) is 14.5 Å². The number of halogens is 2. The third kappa shape index (κ3) is 2.85. The number of nitrogen functional groups attached to an aromatic ring is 1. The van der Waals surface area contributed by atoms with Crippen LogP contribution in [-0.2, 0) is 6.61 Å². The predicted octanol–water partition coefficient (Wildman–Crippen LogP) is 2.82. The largest absolute Gasteiger partial charge is 0.486 e. The third-order valence-corrected chi connectivity index (χ3v) is 2.64. The Morgan fingerprint density at radius 3 is 2.60 bits per heavy atom. The molecule has 104 valence electrons. The van der Waals surface area contributed by atoms with Crippen LogP contribution >= 0.6 is 0 Å². The molecule has 2 aromatic rings. The number of ether oxygens (including phenoxy) is 1. The van der Waals surface area contributed by atoms with Gasteiger partial charge in [-0.1, -0.05) is 12.1 Å². The van der Waals surface area contributed by atoms with E-state index in [1.165, 1.54) is 24.3 Å². The van der Waals surface area contributed by atoms with Crippen LogP contribution in [0.2, 0.25) is 0 Å². The molecule has 4 nitrogen and oxygen atoms in total. The van der Waals surface area contributed by atoms with E-state index >= 15 is 0 Å². The average Bonchev–Trinajstić information content (AvgIpc) is 2.40. The Labute approximate surface area is 113 Å². The lowest BCUT2D eigenvalue weighted by atomic mass is 10.1. The standard InChI is InChI=1S/C14H11F2NO3/c15-10-5-4-8(6-11(10)16)7-20-13-9(14(18)19)2-1-3-12(13)17/h1-6H,7,17H2,(H,18,19). The van der Waals surface area contributed by atoms with Gasteiger partial charge in [-0.25, -0.2) is 13.6 Å². The number of anilines is 1. The van der Waals surface area contributed by atoms with Crippen LogP contribution in [0.15, 0.2) is 36.4 Å². The summed E-state index contributed by atoms with van der Waals surface area (Å²) in [4.78, 5) is 11.0. The number of carboxylic acids is 1. The van der Waals surface area contributed by atoms with Crippen LogP contribution in [0.3, 0.4) is 0 Å². The van der Waals surface area contributed by atoms with Gasteiger partial charge in [-0.05, 0) is 29.8 Å². The van der Waals surface area contributed by atoms with Gasteiger partial charge in [0.05, 0.1) is 5.69 Å². The predicted molar refractivity (Wildman–Crippen MR) is 68.5 cm³/mol. The molecule has 0 saturated heterocycles. The Bertz CT molecular complexity index is 659. The second-order valence-electron chi connectivity index (χ2n) is 4.07. The number of para-hydroxylation sites is 1. The lowest BCUT2D eigenvalue weighted by Crippen LogP contribution is -2.06. The Morgan fingerprint density at radius 1 is 1.20 bits per heavy atom. The molecule has 0 aromatic heterocycles. The van der Waals surface area contributed by atoms with E-state index in [2.05, 4.69) is 0 Å². The topological polar surface area (TPSA) is 72.6 Å². The minimum absolute atomic E-state index is 0.00438. The van der Waals surface area contributed by atoms with Crippen molar-refractivity contribution in [3.63, 3.8) is 0 Å². The second-order valence-corrected chi connectivity index (χ2v) is 4.07. The van der Waals surface area contributed by atoms with Gasteiger partial charge in [-0.15, -0.1) is 0 Å². The summed E-state index contributed by atoms with van der Waals surface area (Å²) < 4.78 is 31.1. The number of carboxylic acid groups (broad SMARTS) is 1. The minimum atomic E-state index is -1.18. The summed E-state index contributed by atoms with van der Waals surface area (Å²) in [5, 5.41) is 9.02. The van der Waals surface area contributed by atoms with Crippen LogP contribution in [0.25, 0.3) is 0 Å². The SMILES string of the molecule is Nc1cccc(C(=O)O)c1OCc1ccc(F)c(F)c1. The second kappa shape index (κ2) is 5.56. The van der Waals surface area contributed by atoms with Gasteiger partial charge in [0.2, 0.25) is 0 Å². The number of hydrogen-bond donors (Lipinski definition) is 2. The number of hydrogen-bond acceptors (Lipinski definition) is 3. The number of carbonyl (C=O) groups is 1. The van der Waals surface area contributed by atoms with Crippen molar-refractivity contribution in [2.24, 2.45) is 0 Å². The molecule has 0 heterocycles. The molecule has 0 atom stereocenters. The molecule has 0 amide bonds. The summed E-state index contributed by atoms with van der Waals surface area (Å²) >= 11 is 0. The summed E-state index contributed by atoms with van der Waals surface area (Å²) in [6.07, 6.45) is 0. The molecule has 2 rings (SSSR count). The van der Waals surface area contributed by atoms with Crippen molar-refractivity contribution < 1.29 is 23.4 Å². The van der Waals surface area contributed by atoms with Gasteiger partial charge in [0.1, 0.15) is 12.2 Å². The van der Waals surface area contributed by atoms with E-state index in [4.69, 9.17) is 15.6 Å². The van der Waals surface area contributed by atoms with Gasteiger partial charge < -0.3 is 15.6 Å². The monoisotopic (exact) mass is 279 g/mol. The fourth-order valence-corrected chi connectivity index (χ4v) is 1.67. The average molecular weight is 279 g/mol. The number of rotatable bonds is 4. The van der Waals surface area contributed by atoms with E-state index in [1.54, 1.807) is 0 Å². The molecule has 0 aliphatic carbocycles. The molecule has 20 heavy (non-hydrogen) atoms. The molecular weight excluding hydrogens is 268 g/mol. The summed E-state index contributed by atoms with van der Waals surface area (Å²) in [6.45, 7) is -0.119. The van der Waals surface area contributed by atoms with E-state index in [-0.39, 0.29) is 23.6 Å². The molecule has 0 fully saturated rings. The van der Waals surface area contributed by atoms with E-state index < -0.39 is 17.6 Å². The first-order chi connectivity index (χ1) is 9.49. The molecular formula is C14H11F2NO3. The third-order valence-electron chi connectivity index (χ3n) is 2.64. The summed E-state index contributed by atoms with van der Waals surface area (Å²) in [5.74, 6) is -3.13. The Morgan fingerprint density at radius 2 is 1.95 bits per heavy atom. The van der Waals surface area contributed by atoms with Crippen LogP contribution in [0, 0.1) is 11.6 Å². The van der Waals surface area contributed by atoms with Gasteiger partial charge >= 0.3 is 5.97 Å². The van der Waals surface area contributed by atoms with E-state index in [0.717, 1.165) is 12.1 Å². The normalized spacial score (nSPS) is 10.3. The van der Waals surface area contributed by atoms with Gasteiger partial charge in [0.15, 0.2) is 17.4 Å². The van der Waals surface area contributed by atoms with Crippen LogP contribution < -0.4 is 10.5 Å². The van der Waals surface area contributed by atoms with Crippen molar-refractivity contribution in [3.05, 3.63) is 59.2 Å². The first-order valence-electron chi connectivity index (χ1n) is 5.67. The maximum atomic E-state index is 13.0. The summed E-state index contributed by atoms with van der Waals surface area (Å²) in [6, 6.07) is 7.63. The molecule has 0 radical (unpaired) electrons. The molecule has 0 unspecified atom stereocenters. The van der Waals surface area contributed by atoms with Gasteiger partial charge in [-0.3, -0.25) is 0 Å². The molecule has 3 N–H and O–H groups in total. The molecule has 2 aromatic carbocycles. The molecule has 0 spiro atoms. The van der Waals surface area contributed by atoms with Crippen molar-refractivity contribution in [3.8, 4) is 5.75 Å². The number of aromatic carboxylic acids is 1. The Kier molecular flexibility index (Phi) is 3.84. The van der Waals surface area contributed by atoms with Gasteiger partial charge in [0.25, 0.3) is 0 Å². The highest BCUT2D eigenvalue weighted by Crippen LogP contribution is 2.27. The van der Waals surface area contributed by atoms with Crippen molar-refractivity contribution in [1.82, 2.24) is 0 Å². The lowest BCUT2D eigenvalue weighted by Gasteiger charge is -2.11. The van der Waals surface area contributed by atoms with Crippen molar-refractivity contribution in [1.29, 1.82) is 0 Å². The number of nitrogens with two attached hydrogens (primary N) is 1. The highest BCUT2D eigenvalue weighted by Gasteiger charge is 2.14. The van der Waals surface area contributed by atoms with Crippen LogP contribution in [0.5, 0.6) is 5.75 Å². The smallest absolute Gasteiger partial charge is 0.339 e. The Hall–Kier alpha value is -2.63. The molecule has 0 saturated carbocycles. The van der Waals surface area contributed by atoms with E-state index in [9.17, 15) is 13.6 Å². The number of benzene rings is 2. The molecule has 0 bridgehead atoms. The van der Waals surface area contributed by atoms with Crippen molar-refractivity contribution >= 4 is 11.7 Å².